The highest BCUT2D eigenvalue weighted by molar-refractivity contribution is 6.42. The first-order valence-electron chi connectivity index (χ1n) is 8.70. The Morgan fingerprint density at radius 1 is 1.12 bits per heavy atom. The zero-order valence-electron chi connectivity index (χ0n) is 14.2. The van der Waals surface area contributed by atoms with E-state index >= 15 is 0 Å². The molecule has 1 atom stereocenters. The summed E-state index contributed by atoms with van der Waals surface area (Å²) in [5.74, 6) is 0.0988. The number of likely N-dealkylation sites (tertiary alicyclic amines) is 1. The Balaban J connectivity index is 1.62. The van der Waals surface area contributed by atoms with Gasteiger partial charge in [0.1, 0.15) is 0 Å². The van der Waals surface area contributed by atoms with Crippen LogP contribution in [-0.4, -0.2) is 22.3 Å². The van der Waals surface area contributed by atoms with E-state index in [0.717, 1.165) is 41.3 Å². The van der Waals surface area contributed by atoms with Crippen molar-refractivity contribution in [2.45, 2.75) is 25.3 Å². The van der Waals surface area contributed by atoms with Crippen LogP contribution in [0.25, 0.3) is 10.8 Å². The molecule has 4 rings (SSSR count). The number of hydrogen-bond acceptors (Lipinski definition) is 2. The monoisotopic (exact) mass is 384 g/mol. The molecule has 2 heterocycles. The molecule has 26 heavy (non-hydrogen) atoms. The number of amides is 1. The summed E-state index contributed by atoms with van der Waals surface area (Å²) in [7, 11) is 0. The van der Waals surface area contributed by atoms with Gasteiger partial charge in [0.2, 0.25) is 5.91 Å². The second-order valence-corrected chi connectivity index (χ2v) is 7.37. The van der Waals surface area contributed by atoms with Gasteiger partial charge in [-0.15, -0.1) is 0 Å². The summed E-state index contributed by atoms with van der Waals surface area (Å²) in [6.45, 7) is 0.741. The Labute approximate surface area is 162 Å². The third-order valence-electron chi connectivity index (χ3n) is 5.01. The van der Waals surface area contributed by atoms with Gasteiger partial charge in [0.05, 0.1) is 22.5 Å². The van der Waals surface area contributed by atoms with Crippen LogP contribution in [0.2, 0.25) is 10.0 Å². The third-order valence-corrected chi connectivity index (χ3v) is 5.84. The van der Waals surface area contributed by atoms with Crippen LogP contribution in [0.4, 0.5) is 0 Å². The van der Waals surface area contributed by atoms with Gasteiger partial charge in [-0.05, 0) is 35.4 Å². The second-order valence-electron chi connectivity index (χ2n) is 6.58. The summed E-state index contributed by atoms with van der Waals surface area (Å²) in [6.07, 6.45) is 5.82. The maximum absolute atomic E-state index is 13.1. The van der Waals surface area contributed by atoms with Gasteiger partial charge in [0, 0.05) is 24.3 Å². The number of pyridine rings is 1. The summed E-state index contributed by atoms with van der Waals surface area (Å²) < 4.78 is 0. The molecule has 5 heteroatoms. The highest BCUT2D eigenvalue weighted by Crippen LogP contribution is 2.38. The van der Waals surface area contributed by atoms with Crippen molar-refractivity contribution >= 4 is 39.9 Å². The predicted octanol–water partition coefficient (Wildman–Crippen LogP) is 5.45. The molecule has 3 aromatic rings. The van der Waals surface area contributed by atoms with Crippen LogP contribution in [0.5, 0.6) is 0 Å². The van der Waals surface area contributed by atoms with Crippen molar-refractivity contribution in [2.24, 2.45) is 0 Å². The number of aromatic nitrogens is 1. The molecule has 0 spiro atoms. The molecule has 1 amide bonds. The molecule has 1 unspecified atom stereocenters. The minimum atomic E-state index is -0.0170. The molecule has 1 saturated heterocycles. The molecule has 0 radical (unpaired) electrons. The summed E-state index contributed by atoms with van der Waals surface area (Å²) in [6, 6.07) is 13.6. The Morgan fingerprint density at radius 3 is 2.85 bits per heavy atom. The molecule has 1 aromatic heterocycles. The van der Waals surface area contributed by atoms with Crippen molar-refractivity contribution in [2.75, 3.05) is 6.54 Å². The number of rotatable bonds is 3. The summed E-state index contributed by atoms with van der Waals surface area (Å²) in [4.78, 5) is 19.3. The fourth-order valence-electron chi connectivity index (χ4n) is 3.75. The standard InChI is InChI=1S/C21H18Cl2N2O/c22-18-8-3-7-17(21(18)23)19-9-4-10-25(19)20(26)11-15-13-24-12-14-5-1-2-6-16(14)15/h1-3,5-8,12-13,19H,4,9-11H2. The van der Waals surface area contributed by atoms with Gasteiger partial charge in [0.15, 0.2) is 0 Å². The zero-order valence-corrected chi connectivity index (χ0v) is 15.7. The van der Waals surface area contributed by atoms with E-state index in [0.29, 0.717) is 16.5 Å². The van der Waals surface area contributed by atoms with Crippen molar-refractivity contribution in [1.82, 2.24) is 9.88 Å². The SMILES string of the molecule is O=C(Cc1cncc2ccccc12)N1CCCC1c1cccc(Cl)c1Cl. The number of hydrogen-bond donors (Lipinski definition) is 0. The maximum Gasteiger partial charge on any atom is 0.227 e. The minimum absolute atomic E-state index is 0.0170. The topological polar surface area (TPSA) is 33.2 Å². The maximum atomic E-state index is 13.1. The Morgan fingerprint density at radius 2 is 1.96 bits per heavy atom. The van der Waals surface area contributed by atoms with E-state index in [1.54, 1.807) is 12.3 Å². The fraction of sp³-hybridized carbons (Fsp3) is 0.238. The van der Waals surface area contributed by atoms with E-state index in [2.05, 4.69) is 4.98 Å². The highest BCUT2D eigenvalue weighted by Gasteiger charge is 2.31. The van der Waals surface area contributed by atoms with E-state index in [9.17, 15) is 4.79 Å². The fourth-order valence-corrected chi connectivity index (χ4v) is 4.18. The summed E-state index contributed by atoms with van der Waals surface area (Å²) in [5.41, 5.74) is 1.89. The van der Waals surface area contributed by atoms with Gasteiger partial charge >= 0.3 is 0 Å². The van der Waals surface area contributed by atoms with Gasteiger partial charge in [-0.25, -0.2) is 0 Å². The van der Waals surface area contributed by atoms with Gasteiger partial charge in [-0.3, -0.25) is 9.78 Å². The van der Waals surface area contributed by atoms with Gasteiger partial charge in [-0.1, -0.05) is 59.6 Å². The third kappa shape index (κ3) is 3.17. The molecule has 3 nitrogen and oxygen atoms in total. The summed E-state index contributed by atoms with van der Waals surface area (Å²) in [5, 5.41) is 3.20. The van der Waals surface area contributed by atoms with E-state index in [1.807, 2.05) is 47.5 Å². The number of benzene rings is 2. The van der Waals surface area contributed by atoms with E-state index in [1.165, 1.54) is 0 Å². The van der Waals surface area contributed by atoms with Gasteiger partial charge < -0.3 is 4.90 Å². The number of nitrogens with zero attached hydrogens (tertiary/aromatic N) is 2. The van der Waals surface area contributed by atoms with E-state index in [4.69, 9.17) is 23.2 Å². The molecule has 0 bridgehead atoms. The quantitative estimate of drug-likeness (QED) is 0.601. The minimum Gasteiger partial charge on any atom is -0.335 e. The molecule has 132 valence electrons. The zero-order chi connectivity index (χ0) is 18.1. The Hall–Kier alpha value is -2.10. The largest absolute Gasteiger partial charge is 0.335 e. The predicted molar refractivity (Wildman–Crippen MR) is 106 cm³/mol. The van der Waals surface area contributed by atoms with Crippen LogP contribution in [-0.2, 0) is 11.2 Å². The van der Waals surface area contributed by atoms with Crippen molar-refractivity contribution < 1.29 is 4.79 Å². The number of fused-ring (bicyclic) bond motifs is 1. The van der Waals surface area contributed by atoms with Crippen LogP contribution in [0.1, 0.15) is 30.0 Å². The first-order valence-corrected chi connectivity index (χ1v) is 9.46. The Kier molecular flexibility index (Phi) is 4.84. The van der Waals surface area contributed by atoms with Gasteiger partial charge in [0.25, 0.3) is 0 Å². The molecule has 1 fully saturated rings. The molecule has 0 saturated carbocycles. The molecule has 1 aliphatic rings. The normalized spacial score (nSPS) is 17.0. The second kappa shape index (κ2) is 7.26. The average molecular weight is 385 g/mol. The van der Waals surface area contributed by atoms with Crippen molar-refractivity contribution in [3.63, 3.8) is 0 Å². The van der Waals surface area contributed by atoms with E-state index < -0.39 is 0 Å². The first-order chi connectivity index (χ1) is 12.6. The average Bonchev–Trinajstić information content (AvgIpc) is 3.14. The Bertz CT molecular complexity index is 968. The van der Waals surface area contributed by atoms with Gasteiger partial charge in [-0.2, -0.15) is 0 Å². The molecule has 2 aromatic carbocycles. The van der Waals surface area contributed by atoms with E-state index in [-0.39, 0.29) is 11.9 Å². The highest BCUT2D eigenvalue weighted by atomic mass is 35.5. The van der Waals surface area contributed by atoms with Crippen molar-refractivity contribution in [3.05, 3.63) is 76.0 Å². The molecule has 1 aliphatic heterocycles. The lowest BCUT2D eigenvalue weighted by Gasteiger charge is -2.26. The van der Waals surface area contributed by atoms with Crippen LogP contribution < -0.4 is 0 Å². The number of carbonyl (C=O) groups excluding carboxylic acids is 1. The first kappa shape index (κ1) is 17.3. The smallest absolute Gasteiger partial charge is 0.227 e. The molecule has 0 N–H and O–H groups in total. The van der Waals surface area contributed by atoms with Crippen LogP contribution in [0.3, 0.4) is 0 Å². The lowest BCUT2D eigenvalue weighted by molar-refractivity contribution is -0.131. The van der Waals surface area contributed by atoms with Crippen LogP contribution >= 0.6 is 23.2 Å². The molecular formula is C21H18Cl2N2O. The van der Waals surface area contributed by atoms with Crippen LogP contribution in [0, 0.1) is 0 Å². The van der Waals surface area contributed by atoms with Crippen LogP contribution in [0.15, 0.2) is 54.9 Å². The lowest BCUT2D eigenvalue weighted by Crippen LogP contribution is -2.32. The van der Waals surface area contributed by atoms with Crippen molar-refractivity contribution in [3.8, 4) is 0 Å². The molecule has 0 aliphatic carbocycles. The molecular weight excluding hydrogens is 367 g/mol. The number of halogens is 2. The van der Waals surface area contributed by atoms with Crippen molar-refractivity contribution in [1.29, 1.82) is 0 Å². The summed E-state index contributed by atoms with van der Waals surface area (Å²) >= 11 is 12.6. The number of carbonyl (C=O) groups is 1. The lowest BCUT2D eigenvalue weighted by atomic mass is 10.0.